The Hall–Kier alpha value is -2.33. The standard InChI is InChI=1S/C19H25N3O/c1-21(2)17-12-10-15(11-13-17)18(22(3)4)14-20-19(23)16-8-6-5-7-9-16/h5-13,18H,14H2,1-4H3,(H,20,23). The Balaban J connectivity index is 2.05. The molecule has 0 spiro atoms. The minimum atomic E-state index is -0.0395. The van der Waals surface area contributed by atoms with Gasteiger partial charge in [0.2, 0.25) is 0 Å². The van der Waals surface area contributed by atoms with Crippen molar-refractivity contribution in [3.8, 4) is 0 Å². The van der Waals surface area contributed by atoms with Crippen molar-refractivity contribution in [1.29, 1.82) is 0 Å². The van der Waals surface area contributed by atoms with Gasteiger partial charge in [0.25, 0.3) is 5.91 Å². The molecule has 0 aliphatic rings. The number of anilines is 1. The van der Waals surface area contributed by atoms with Crippen molar-refractivity contribution in [3.05, 3.63) is 65.7 Å². The molecule has 0 aliphatic carbocycles. The van der Waals surface area contributed by atoms with Crippen molar-refractivity contribution in [3.63, 3.8) is 0 Å². The fraction of sp³-hybridized carbons (Fsp3) is 0.316. The Bertz CT molecular complexity index is 621. The first-order valence-corrected chi connectivity index (χ1v) is 7.76. The van der Waals surface area contributed by atoms with E-state index in [1.54, 1.807) is 0 Å². The smallest absolute Gasteiger partial charge is 0.251 e. The highest BCUT2D eigenvalue weighted by atomic mass is 16.1. The first kappa shape index (κ1) is 17.0. The fourth-order valence-corrected chi connectivity index (χ4v) is 2.47. The molecule has 0 radical (unpaired) electrons. The number of nitrogens with one attached hydrogen (secondary N) is 1. The highest BCUT2D eigenvalue weighted by Crippen LogP contribution is 2.21. The van der Waals surface area contributed by atoms with E-state index in [0.717, 1.165) is 0 Å². The molecule has 23 heavy (non-hydrogen) atoms. The van der Waals surface area contributed by atoms with E-state index in [9.17, 15) is 4.79 Å². The van der Waals surface area contributed by atoms with Gasteiger partial charge in [-0.15, -0.1) is 0 Å². The Morgan fingerprint density at radius 2 is 1.57 bits per heavy atom. The van der Waals surface area contributed by atoms with Crippen molar-refractivity contribution in [2.45, 2.75) is 6.04 Å². The number of nitrogens with zero attached hydrogens (tertiary/aromatic N) is 2. The Labute approximate surface area is 138 Å². The summed E-state index contributed by atoms with van der Waals surface area (Å²) in [6, 6.07) is 17.9. The van der Waals surface area contributed by atoms with Gasteiger partial charge < -0.3 is 15.1 Å². The minimum Gasteiger partial charge on any atom is -0.378 e. The summed E-state index contributed by atoms with van der Waals surface area (Å²) in [5.41, 5.74) is 3.04. The Kier molecular flexibility index (Phi) is 5.77. The fourth-order valence-electron chi connectivity index (χ4n) is 2.47. The van der Waals surface area contributed by atoms with Crippen LogP contribution in [0.25, 0.3) is 0 Å². The van der Waals surface area contributed by atoms with Crippen LogP contribution in [-0.4, -0.2) is 45.5 Å². The average Bonchev–Trinajstić information content (AvgIpc) is 2.55. The zero-order chi connectivity index (χ0) is 16.8. The lowest BCUT2D eigenvalue weighted by molar-refractivity contribution is 0.0942. The highest BCUT2D eigenvalue weighted by molar-refractivity contribution is 5.94. The third-order valence-corrected chi connectivity index (χ3v) is 3.91. The van der Waals surface area contributed by atoms with E-state index < -0.39 is 0 Å². The van der Waals surface area contributed by atoms with Gasteiger partial charge in [0.05, 0.1) is 6.04 Å². The monoisotopic (exact) mass is 311 g/mol. The first-order valence-electron chi connectivity index (χ1n) is 7.76. The topological polar surface area (TPSA) is 35.6 Å². The second-order valence-electron chi connectivity index (χ2n) is 6.04. The second kappa shape index (κ2) is 7.79. The molecule has 0 aliphatic heterocycles. The van der Waals surface area contributed by atoms with Crippen LogP contribution in [0, 0.1) is 0 Å². The molecule has 122 valence electrons. The van der Waals surface area contributed by atoms with Crippen LogP contribution in [0.3, 0.4) is 0 Å². The van der Waals surface area contributed by atoms with Crippen LogP contribution in [0.5, 0.6) is 0 Å². The normalized spacial score (nSPS) is 12.0. The average molecular weight is 311 g/mol. The lowest BCUT2D eigenvalue weighted by Crippen LogP contribution is -2.34. The molecule has 2 aromatic carbocycles. The summed E-state index contributed by atoms with van der Waals surface area (Å²) in [7, 11) is 8.11. The van der Waals surface area contributed by atoms with Crippen molar-refractivity contribution in [1.82, 2.24) is 10.2 Å². The van der Waals surface area contributed by atoms with Crippen molar-refractivity contribution < 1.29 is 4.79 Å². The Morgan fingerprint density at radius 1 is 0.957 bits per heavy atom. The van der Waals surface area contributed by atoms with Crippen LogP contribution in [-0.2, 0) is 0 Å². The van der Waals surface area contributed by atoms with Crippen molar-refractivity contribution in [2.75, 3.05) is 39.6 Å². The van der Waals surface area contributed by atoms with Gasteiger partial charge in [0.1, 0.15) is 0 Å². The largest absolute Gasteiger partial charge is 0.378 e. The third-order valence-electron chi connectivity index (χ3n) is 3.91. The summed E-state index contributed by atoms with van der Waals surface area (Å²) < 4.78 is 0. The number of benzene rings is 2. The van der Waals surface area contributed by atoms with Gasteiger partial charge in [-0.3, -0.25) is 4.79 Å². The second-order valence-corrected chi connectivity index (χ2v) is 6.04. The maximum absolute atomic E-state index is 12.2. The maximum atomic E-state index is 12.2. The lowest BCUT2D eigenvalue weighted by atomic mass is 10.0. The molecule has 0 heterocycles. The van der Waals surface area contributed by atoms with E-state index in [-0.39, 0.29) is 11.9 Å². The predicted molar refractivity (Wildman–Crippen MR) is 96.0 cm³/mol. The lowest BCUT2D eigenvalue weighted by Gasteiger charge is -2.25. The molecular weight excluding hydrogens is 286 g/mol. The van der Waals surface area contributed by atoms with Gasteiger partial charge >= 0.3 is 0 Å². The van der Waals surface area contributed by atoms with E-state index in [1.165, 1.54) is 11.3 Å². The number of amides is 1. The van der Waals surface area contributed by atoms with Crippen LogP contribution in [0.15, 0.2) is 54.6 Å². The minimum absolute atomic E-state index is 0.0395. The highest BCUT2D eigenvalue weighted by Gasteiger charge is 2.16. The van der Waals surface area contributed by atoms with Gasteiger partial charge in [-0.1, -0.05) is 30.3 Å². The van der Waals surface area contributed by atoms with E-state index in [4.69, 9.17) is 0 Å². The van der Waals surface area contributed by atoms with Crippen LogP contribution in [0.4, 0.5) is 5.69 Å². The summed E-state index contributed by atoms with van der Waals surface area (Å²) in [5, 5.41) is 3.03. The quantitative estimate of drug-likeness (QED) is 0.891. The van der Waals surface area contributed by atoms with Gasteiger partial charge in [-0.2, -0.15) is 0 Å². The summed E-state index contributed by atoms with van der Waals surface area (Å²) >= 11 is 0. The molecule has 1 N–H and O–H groups in total. The third kappa shape index (κ3) is 4.57. The number of hydrogen-bond donors (Lipinski definition) is 1. The summed E-state index contributed by atoms with van der Waals surface area (Å²) in [5.74, 6) is -0.0395. The SMILES string of the molecule is CN(C)c1ccc(C(CNC(=O)c2ccccc2)N(C)C)cc1. The molecule has 2 aromatic rings. The zero-order valence-electron chi connectivity index (χ0n) is 14.3. The Morgan fingerprint density at radius 3 is 2.09 bits per heavy atom. The number of carbonyl (C=O) groups excluding carboxylic acids is 1. The van der Waals surface area contributed by atoms with Crippen LogP contribution in [0.2, 0.25) is 0 Å². The molecule has 0 fully saturated rings. The molecule has 2 rings (SSSR count). The molecular formula is C19H25N3O. The van der Waals surface area contributed by atoms with E-state index in [0.29, 0.717) is 12.1 Å². The molecule has 1 amide bonds. The zero-order valence-corrected chi connectivity index (χ0v) is 14.3. The molecule has 1 unspecified atom stereocenters. The molecule has 4 heteroatoms. The van der Waals surface area contributed by atoms with Crippen molar-refractivity contribution >= 4 is 11.6 Å². The van der Waals surface area contributed by atoms with Gasteiger partial charge in [0, 0.05) is 31.9 Å². The van der Waals surface area contributed by atoms with Gasteiger partial charge in [-0.05, 0) is 43.9 Å². The van der Waals surface area contributed by atoms with Crippen molar-refractivity contribution in [2.24, 2.45) is 0 Å². The van der Waals surface area contributed by atoms with Gasteiger partial charge in [-0.25, -0.2) is 0 Å². The van der Waals surface area contributed by atoms with Crippen LogP contribution >= 0.6 is 0 Å². The molecule has 0 saturated carbocycles. The number of rotatable bonds is 6. The summed E-state index contributed by atoms with van der Waals surface area (Å²) in [4.78, 5) is 16.4. The molecule has 0 aromatic heterocycles. The molecule has 1 atom stereocenters. The van der Waals surface area contributed by atoms with E-state index >= 15 is 0 Å². The number of hydrogen-bond acceptors (Lipinski definition) is 3. The van der Waals surface area contributed by atoms with Crippen LogP contribution < -0.4 is 10.2 Å². The summed E-state index contributed by atoms with van der Waals surface area (Å²) in [6.07, 6.45) is 0. The molecule has 0 bridgehead atoms. The first-order chi connectivity index (χ1) is 11.0. The molecule has 0 saturated heterocycles. The van der Waals surface area contributed by atoms with E-state index in [2.05, 4.69) is 39.4 Å². The van der Waals surface area contributed by atoms with E-state index in [1.807, 2.05) is 58.5 Å². The number of likely N-dealkylation sites (N-methyl/N-ethyl adjacent to an activating group) is 1. The molecule has 4 nitrogen and oxygen atoms in total. The van der Waals surface area contributed by atoms with Crippen LogP contribution in [0.1, 0.15) is 22.0 Å². The maximum Gasteiger partial charge on any atom is 0.251 e. The number of carbonyl (C=O) groups is 1. The summed E-state index contributed by atoms with van der Waals surface area (Å²) in [6.45, 7) is 0.571. The van der Waals surface area contributed by atoms with Gasteiger partial charge in [0.15, 0.2) is 0 Å². The predicted octanol–water partition coefficient (Wildman–Crippen LogP) is 2.79.